The maximum atomic E-state index is 5.70. The smallest absolute Gasteiger partial charge is 0.127 e. The largest absolute Gasteiger partial charge is 0.497 e. The summed E-state index contributed by atoms with van der Waals surface area (Å²) in [7, 11) is 3.30. The van der Waals surface area contributed by atoms with E-state index < -0.39 is 0 Å². The molecule has 0 bridgehead atoms. The van der Waals surface area contributed by atoms with E-state index in [9.17, 15) is 0 Å². The summed E-state index contributed by atoms with van der Waals surface area (Å²) in [4.78, 5) is -0.0129. The predicted molar refractivity (Wildman–Crippen MR) is 87.9 cm³/mol. The molecular formula is C17H19BrO3. The highest BCUT2D eigenvalue weighted by Gasteiger charge is 2.19. The van der Waals surface area contributed by atoms with Gasteiger partial charge in [-0.25, -0.2) is 0 Å². The highest BCUT2D eigenvalue weighted by molar-refractivity contribution is 9.09. The van der Waals surface area contributed by atoms with Gasteiger partial charge in [0.2, 0.25) is 0 Å². The minimum absolute atomic E-state index is 0.0129. The van der Waals surface area contributed by atoms with Crippen LogP contribution in [0.3, 0.4) is 0 Å². The summed E-state index contributed by atoms with van der Waals surface area (Å²) in [6.45, 7) is 2.62. The zero-order valence-electron chi connectivity index (χ0n) is 12.4. The second-order valence-electron chi connectivity index (χ2n) is 4.44. The Labute approximate surface area is 134 Å². The molecular weight excluding hydrogens is 332 g/mol. The Morgan fingerprint density at radius 1 is 0.952 bits per heavy atom. The third kappa shape index (κ3) is 3.50. The monoisotopic (exact) mass is 350 g/mol. The summed E-state index contributed by atoms with van der Waals surface area (Å²) in [6, 6.07) is 13.8. The van der Waals surface area contributed by atoms with Crippen molar-refractivity contribution >= 4 is 15.9 Å². The normalized spacial score (nSPS) is 11.8. The lowest BCUT2D eigenvalue weighted by molar-refractivity contribution is 0.337. The Hall–Kier alpha value is -1.68. The number of alkyl halides is 1. The summed E-state index contributed by atoms with van der Waals surface area (Å²) in [5.74, 6) is 2.43. The van der Waals surface area contributed by atoms with Crippen LogP contribution in [-0.4, -0.2) is 20.8 Å². The van der Waals surface area contributed by atoms with Gasteiger partial charge in [0, 0.05) is 17.2 Å². The van der Waals surface area contributed by atoms with Crippen molar-refractivity contribution in [2.24, 2.45) is 0 Å². The fourth-order valence-corrected chi connectivity index (χ4v) is 2.93. The molecule has 2 aromatic carbocycles. The van der Waals surface area contributed by atoms with Crippen LogP contribution >= 0.6 is 15.9 Å². The van der Waals surface area contributed by atoms with Crippen LogP contribution in [0.2, 0.25) is 0 Å². The van der Waals surface area contributed by atoms with Gasteiger partial charge in [0.25, 0.3) is 0 Å². The van der Waals surface area contributed by atoms with Crippen molar-refractivity contribution < 1.29 is 14.2 Å². The van der Waals surface area contributed by atoms with Crippen LogP contribution in [0, 0.1) is 0 Å². The Kier molecular flexibility index (Phi) is 5.51. The van der Waals surface area contributed by atoms with Gasteiger partial charge in [0.15, 0.2) is 0 Å². The highest BCUT2D eigenvalue weighted by atomic mass is 79.9. The number of rotatable bonds is 6. The Bertz CT molecular complexity index is 598. The first-order valence-electron chi connectivity index (χ1n) is 6.79. The average Bonchev–Trinajstić information content (AvgIpc) is 2.54. The average molecular weight is 351 g/mol. The molecule has 0 spiro atoms. The first-order chi connectivity index (χ1) is 10.2. The lowest BCUT2D eigenvalue weighted by Crippen LogP contribution is -2.01. The molecule has 0 aromatic heterocycles. The van der Waals surface area contributed by atoms with Crippen molar-refractivity contribution in [1.29, 1.82) is 0 Å². The molecule has 0 N–H and O–H groups in total. The van der Waals surface area contributed by atoms with E-state index in [0.29, 0.717) is 6.61 Å². The number of hydrogen-bond donors (Lipinski definition) is 0. The number of ether oxygens (including phenoxy) is 3. The molecule has 0 aliphatic carbocycles. The summed E-state index contributed by atoms with van der Waals surface area (Å²) in [5.41, 5.74) is 2.10. The van der Waals surface area contributed by atoms with Crippen molar-refractivity contribution in [3.8, 4) is 17.2 Å². The SMILES string of the molecule is CCOc1ccccc1C(Br)c1ccc(OC)cc1OC. The van der Waals surface area contributed by atoms with Gasteiger partial charge in [0.05, 0.1) is 25.7 Å². The van der Waals surface area contributed by atoms with Crippen LogP contribution in [0.4, 0.5) is 0 Å². The van der Waals surface area contributed by atoms with Crippen molar-refractivity contribution in [2.75, 3.05) is 20.8 Å². The molecule has 0 amide bonds. The van der Waals surface area contributed by atoms with Crippen LogP contribution in [0.25, 0.3) is 0 Å². The van der Waals surface area contributed by atoms with Gasteiger partial charge in [-0.05, 0) is 19.1 Å². The van der Waals surface area contributed by atoms with Crippen LogP contribution < -0.4 is 14.2 Å². The maximum absolute atomic E-state index is 5.70. The summed E-state index contributed by atoms with van der Waals surface area (Å²) in [5, 5.41) is 0. The third-order valence-electron chi connectivity index (χ3n) is 3.21. The third-order valence-corrected chi connectivity index (χ3v) is 4.19. The molecule has 1 atom stereocenters. The van der Waals surface area contributed by atoms with Crippen molar-refractivity contribution in [1.82, 2.24) is 0 Å². The molecule has 112 valence electrons. The van der Waals surface area contributed by atoms with E-state index in [1.54, 1.807) is 14.2 Å². The second kappa shape index (κ2) is 7.36. The molecule has 0 aliphatic heterocycles. The molecule has 0 heterocycles. The molecule has 2 rings (SSSR count). The highest BCUT2D eigenvalue weighted by Crippen LogP contribution is 2.41. The van der Waals surface area contributed by atoms with Crippen LogP contribution in [0.5, 0.6) is 17.2 Å². The molecule has 0 fully saturated rings. The predicted octanol–water partition coefficient (Wildman–Crippen LogP) is 4.59. The molecule has 1 unspecified atom stereocenters. The Balaban J connectivity index is 2.42. The van der Waals surface area contributed by atoms with Gasteiger partial charge >= 0.3 is 0 Å². The van der Waals surface area contributed by atoms with Crippen LogP contribution in [0.1, 0.15) is 22.9 Å². The van der Waals surface area contributed by atoms with E-state index in [1.807, 2.05) is 49.4 Å². The zero-order valence-corrected chi connectivity index (χ0v) is 14.0. The summed E-state index contributed by atoms with van der Waals surface area (Å²) in [6.07, 6.45) is 0. The van der Waals surface area contributed by atoms with E-state index >= 15 is 0 Å². The Morgan fingerprint density at radius 3 is 2.33 bits per heavy atom. The summed E-state index contributed by atoms with van der Waals surface area (Å²) < 4.78 is 16.4. The molecule has 0 saturated carbocycles. The number of hydrogen-bond acceptors (Lipinski definition) is 3. The molecule has 0 radical (unpaired) electrons. The number of benzene rings is 2. The van der Waals surface area contributed by atoms with Gasteiger partial charge < -0.3 is 14.2 Å². The van der Waals surface area contributed by atoms with Crippen molar-refractivity contribution in [2.45, 2.75) is 11.8 Å². The molecule has 0 aliphatic rings. The topological polar surface area (TPSA) is 27.7 Å². The lowest BCUT2D eigenvalue weighted by atomic mass is 10.0. The fraction of sp³-hybridized carbons (Fsp3) is 0.294. The number of para-hydroxylation sites is 1. The standard InChI is InChI=1S/C17H19BrO3/c1-4-21-15-8-6-5-7-13(15)17(18)14-10-9-12(19-2)11-16(14)20-3/h5-11,17H,4H2,1-3H3. The minimum atomic E-state index is -0.0129. The molecule has 3 nitrogen and oxygen atoms in total. The number of methoxy groups -OCH3 is 2. The number of halogens is 1. The molecule has 2 aromatic rings. The first kappa shape index (κ1) is 15.7. The van der Waals surface area contributed by atoms with Gasteiger partial charge in [-0.1, -0.05) is 40.2 Å². The van der Waals surface area contributed by atoms with Crippen molar-refractivity contribution in [3.63, 3.8) is 0 Å². The molecule has 4 heteroatoms. The van der Waals surface area contributed by atoms with Crippen LogP contribution in [0.15, 0.2) is 42.5 Å². The second-order valence-corrected chi connectivity index (χ2v) is 5.36. The van der Waals surface area contributed by atoms with Crippen molar-refractivity contribution in [3.05, 3.63) is 53.6 Å². The first-order valence-corrected chi connectivity index (χ1v) is 7.70. The Morgan fingerprint density at radius 2 is 1.67 bits per heavy atom. The maximum Gasteiger partial charge on any atom is 0.127 e. The van der Waals surface area contributed by atoms with Gasteiger partial charge in [-0.3, -0.25) is 0 Å². The summed E-state index contributed by atoms with van der Waals surface area (Å²) >= 11 is 3.75. The lowest BCUT2D eigenvalue weighted by Gasteiger charge is -2.18. The fourth-order valence-electron chi connectivity index (χ4n) is 2.17. The van der Waals surface area contributed by atoms with E-state index in [0.717, 1.165) is 28.4 Å². The molecule has 0 saturated heterocycles. The zero-order chi connectivity index (χ0) is 15.2. The quantitative estimate of drug-likeness (QED) is 0.713. The van der Waals surface area contributed by atoms with E-state index in [2.05, 4.69) is 15.9 Å². The van der Waals surface area contributed by atoms with Gasteiger partial charge in [-0.2, -0.15) is 0 Å². The minimum Gasteiger partial charge on any atom is -0.497 e. The van der Waals surface area contributed by atoms with Crippen LogP contribution in [-0.2, 0) is 0 Å². The molecule has 21 heavy (non-hydrogen) atoms. The van der Waals surface area contributed by atoms with E-state index in [4.69, 9.17) is 14.2 Å². The van der Waals surface area contributed by atoms with Gasteiger partial charge in [-0.15, -0.1) is 0 Å². The van der Waals surface area contributed by atoms with Gasteiger partial charge in [0.1, 0.15) is 17.2 Å². The van der Waals surface area contributed by atoms with E-state index in [-0.39, 0.29) is 4.83 Å². The van der Waals surface area contributed by atoms with E-state index in [1.165, 1.54) is 0 Å².